The van der Waals surface area contributed by atoms with E-state index >= 15 is 0 Å². The van der Waals surface area contributed by atoms with Crippen molar-refractivity contribution in [1.82, 2.24) is 0 Å². The fourth-order valence-electron chi connectivity index (χ4n) is 12.3. The van der Waals surface area contributed by atoms with Crippen LogP contribution in [0.25, 0.3) is 0 Å². The number of rotatable bonds is 79. The van der Waals surface area contributed by atoms with Crippen molar-refractivity contribution in [3.8, 4) is 0 Å². The van der Waals surface area contributed by atoms with Crippen molar-refractivity contribution < 1.29 is 80.2 Å². The smallest absolute Gasteiger partial charge is 0.462 e. The van der Waals surface area contributed by atoms with E-state index in [9.17, 15) is 43.2 Å². The van der Waals surface area contributed by atoms with Crippen LogP contribution >= 0.6 is 15.6 Å². The average molecular weight is 1450 g/mol. The van der Waals surface area contributed by atoms with Crippen LogP contribution in [-0.4, -0.2) is 96.7 Å². The summed E-state index contributed by atoms with van der Waals surface area (Å²) in [4.78, 5) is 72.8. The van der Waals surface area contributed by atoms with Gasteiger partial charge in [0, 0.05) is 25.7 Å². The van der Waals surface area contributed by atoms with Crippen molar-refractivity contribution in [2.75, 3.05) is 39.6 Å². The lowest BCUT2D eigenvalue weighted by atomic mass is 9.99. The van der Waals surface area contributed by atoms with E-state index in [1.54, 1.807) is 0 Å². The van der Waals surface area contributed by atoms with Crippen molar-refractivity contribution in [1.29, 1.82) is 0 Å². The van der Waals surface area contributed by atoms with Crippen LogP contribution in [0.4, 0.5) is 0 Å². The molecular weight excluding hydrogens is 1290 g/mol. The van der Waals surface area contributed by atoms with Gasteiger partial charge in [-0.1, -0.05) is 369 Å². The van der Waals surface area contributed by atoms with E-state index in [0.717, 1.165) is 102 Å². The molecule has 6 atom stereocenters. The molecule has 0 saturated heterocycles. The van der Waals surface area contributed by atoms with Crippen LogP contribution in [0, 0.1) is 11.8 Å². The molecule has 0 fully saturated rings. The van der Waals surface area contributed by atoms with E-state index < -0.39 is 97.5 Å². The van der Waals surface area contributed by atoms with Gasteiger partial charge in [-0.3, -0.25) is 37.3 Å². The zero-order valence-electron chi connectivity index (χ0n) is 64.8. The normalized spacial score (nSPS) is 14.2. The molecule has 19 heteroatoms. The van der Waals surface area contributed by atoms with E-state index in [1.165, 1.54) is 231 Å². The molecule has 99 heavy (non-hydrogen) atoms. The van der Waals surface area contributed by atoms with Gasteiger partial charge in [0.1, 0.15) is 19.3 Å². The summed E-state index contributed by atoms with van der Waals surface area (Å²) < 4.78 is 68.6. The molecule has 0 bridgehead atoms. The van der Waals surface area contributed by atoms with Crippen molar-refractivity contribution in [2.45, 2.75) is 439 Å². The van der Waals surface area contributed by atoms with Gasteiger partial charge in [-0.2, -0.15) is 0 Å². The molecular formula is C80H156O17P2. The predicted molar refractivity (Wildman–Crippen MR) is 405 cm³/mol. The Morgan fingerprint density at radius 2 is 0.515 bits per heavy atom. The Kier molecular flexibility index (Phi) is 70.3. The van der Waals surface area contributed by atoms with Gasteiger partial charge in [-0.25, -0.2) is 9.13 Å². The third kappa shape index (κ3) is 72.8. The second-order valence-corrected chi connectivity index (χ2v) is 32.4. The molecule has 0 aliphatic rings. The molecule has 0 rings (SSSR count). The summed E-state index contributed by atoms with van der Waals surface area (Å²) in [5.41, 5.74) is 0. The Morgan fingerprint density at radius 1 is 0.293 bits per heavy atom. The number of phosphoric ester groups is 2. The Morgan fingerprint density at radius 3 is 0.768 bits per heavy atom. The van der Waals surface area contributed by atoms with E-state index in [2.05, 4.69) is 41.5 Å². The molecule has 0 saturated carbocycles. The Labute approximate surface area is 607 Å². The van der Waals surface area contributed by atoms with Gasteiger partial charge in [0.25, 0.3) is 0 Å². The van der Waals surface area contributed by atoms with Gasteiger partial charge in [0.15, 0.2) is 12.2 Å². The number of carbonyl (C=O) groups excluding carboxylic acids is 4. The van der Waals surface area contributed by atoms with Crippen molar-refractivity contribution in [2.24, 2.45) is 11.8 Å². The molecule has 0 aromatic carbocycles. The topological polar surface area (TPSA) is 237 Å². The first-order valence-corrected chi connectivity index (χ1v) is 44.5. The van der Waals surface area contributed by atoms with E-state index in [0.29, 0.717) is 31.6 Å². The Bertz CT molecular complexity index is 1910. The number of carbonyl (C=O) groups is 4. The largest absolute Gasteiger partial charge is 0.472 e. The third-order valence-electron chi connectivity index (χ3n) is 19.1. The number of ether oxygens (including phenoxy) is 4. The first-order valence-electron chi connectivity index (χ1n) is 41.5. The lowest BCUT2D eigenvalue weighted by Gasteiger charge is -2.21. The van der Waals surface area contributed by atoms with Crippen LogP contribution in [0.2, 0.25) is 0 Å². The average Bonchev–Trinajstić information content (AvgIpc) is 1.02. The number of esters is 4. The lowest BCUT2D eigenvalue weighted by Crippen LogP contribution is -2.30. The highest BCUT2D eigenvalue weighted by Crippen LogP contribution is 2.45. The quantitative estimate of drug-likeness (QED) is 0.0222. The minimum absolute atomic E-state index is 0.106. The summed E-state index contributed by atoms with van der Waals surface area (Å²) in [6.45, 7) is 9.59. The standard InChI is InChI=1S/C80H156O17P2/c1-7-10-12-14-16-18-20-21-22-23-27-30-33-36-40-43-50-56-62-77(82)90-68-75(96-80(85)65-59-53-45-41-37-34-31-28-25-24-26-29-32-35-38-42-49-55-61-73(6)9-3)70-94-98(86,87)92-66-74(81)67-93-99(88,89)95-71-76(69-91-78(83)63-57-51-47-46-48-54-60-72(4)5)97-79(84)64-58-52-44-39-19-17-15-13-11-8-2/h72-76,81H,7-71H2,1-6H3,(H,86,87)(H,88,89)/t73?,74-,75-,76-/m1/s1. The Balaban J connectivity index is 5.17. The Hall–Kier alpha value is -1.94. The number of hydrogen-bond donors (Lipinski definition) is 3. The maximum atomic E-state index is 13.1. The summed E-state index contributed by atoms with van der Waals surface area (Å²) in [6, 6.07) is 0. The fraction of sp³-hybridized carbons (Fsp3) is 0.950. The molecule has 0 spiro atoms. The molecule has 3 N–H and O–H groups in total. The van der Waals surface area contributed by atoms with Crippen molar-refractivity contribution in [3.63, 3.8) is 0 Å². The number of aliphatic hydroxyl groups excluding tert-OH is 1. The summed E-state index contributed by atoms with van der Waals surface area (Å²) >= 11 is 0. The molecule has 0 aliphatic heterocycles. The predicted octanol–water partition coefficient (Wildman–Crippen LogP) is 23.9. The van der Waals surface area contributed by atoms with Gasteiger partial charge in [0.05, 0.1) is 26.4 Å². The summed E-state index contributed by atoms with van der Waals surface area (Å²) in [5, 5.41) is 10.6. The van der Waals surface area contributed by atoms with Gasteiger partial charge in [-0.15, -0.1) is 0 Å². The molecule has 588 valence electrons. The second-order valence-electron chi connectivity index (χ2n) is 29.5. The zero-order valence-corrected chi connectivity index (χ0v) is 66.6. The first-order chi connectivity index (χ1) is 47.9. The van der Waals surface area contributed by atoms with E-state index in [4.69, 9.17) is 37.0 Å². The lowest BCUT2D eigenvalue weighted by molar-refractivity contribution is -0.161. The molecule has 0 heterocycles. The molecule has 0 aromatic heterocycles. The highest BCUT2D eigenvalue weighted by molar-refractivity contribution is 7.47. The van der Waals surface area contributed by atoms with Crippen LogP contribution in [-0.2, 0) is 65.4 Å². The number of hydrogen-bond acceptors (Lipinski definition) is 15. The number of unbranched alkanes of at least 4 members (excludes halogenated alkanes) is 48. The minimum Gasteiger partial charge on any atom is -0.462 e. The van der Waals surface area contributed by atoms with Gasteiger partial charge < -0.3 is 33.8 Å². The summed E-state index contributed by atoms with van der Waals surface area (Å²) in [7, 11) is -9.91. The highest BCUT2D eigenvalue weighted by atomic mass is 31.2. The maximum absolute atomic E-state index is 13.1. The van der Waals surface area contributed by atoms with E-state index in [-0.39, 0.29) is 25.7 Å². The summed E-state index contributed by atoms with van der Waals surface area (Å²) in [6.07, 6.45) is 61.3. The summed E-state index contributed by atoms with van der Waals surface area (Å²) in [5.74, 6) is -0.563. The zero-order chi connectivity index (χ0) is 72.8. The molecule has 17 nitrogen and oxygen atoms in total. The third-order valence-corrected chi connectivity index (χ3v) is 21.0. The molecule has 0 aliphatic carbocycles. The van der Waals surface area contributed by atoms with Gasteiger partial charge >= 0.3 is 39.5 Å². The molecule has 3 unspecified atom stereocenters. The first kappa shape index (κ1) is 97.1. The van der Waals surface area contributed by atoms with Crippen LogP contribution in [0.1, 0.15) is 420 Å². The molecule has 0 amide bonds. The van der Waals surface area contributed by atoms with Gasteiger partial charge in [-0.05, 0) is 37.5 Å². The number of aliphatic hydroxyl groups is 1. The van der Waals surface area contributed by atoms with Crippen LogP contribution in [0.3, 0.4) is 0 Å². The van der Waals surface area contributed by atoms with E-state index in [1.807, 2.05) is 0 Å². The van der Waals surface area contributed by atoms with Crippen LogP contribution in [0.15, 0.2) is 0 Å². The van der Waals surface area contributed by atoms with Gasteiger partial charge in [0.2, 0.25) is 0 Å². The SMILES string of the molecule is CCCCCCCCCCCCCCCCCCCCC(=O)OC[C@H](COP(=O)(O)OC[C@@H](O)COP(=O)(O)OC[C@@H](COC(=O)CCCCCCCCC(C)C)OC(=O)CCCCCCCCCCCC)OC(=O)CCCCCCCCCCCCCCCCCCCCC(C)CC. The monoisotopic (exact) mass is 1450 g/mol. The van der Waals surface area contributed by atoms with Crippen LogP contribution in [0.5, 0.6) is 0 Å². The van der Waals surface area contributed by atoms with Crippen molar-refractivity contribution >= 4 is 39.5 Å². The fourth-order valence-corrected chi connectivity index (χ4v) is 13.9. The maximum Gasteiger partial charge on any atom is 0.472 e. The highest BCUT2D eigenvalue weighted by Gasteiger charge is 2.30. The minimum atomic E-state index is -4.96. The molecule has 0 aromatic rings. The molecule has 0 radical (unpaired) electrons. The second kappa shape index (κ2) is 71.7. The van der Waals surface area contributed by atoms with Crippen molar-refractivity contribution in [3.05, 3.63) is 0 Å². The number of phosphoric acid groups is 2. The van der Waals surface area contributed by atoms with Crippen LogP contribution < -0.4 is 0 Å².